The Morgan fingerprint density at radius 3 is 2.70 bits per heavy atom. The Morgan fingerprint density at radius 2 is 2.03 bits per heavy atom. The number of pyridine rings is 1. The summed E-state index contributed by atoms with van der Waals surface area (Å²) in [6, 6.07) is 11.3. The van der Waals surface area contributed by atoms with Gasteiger partial charge in [0, 0.05) is 43.0 Å². The number of likely N-dealkylation sites (tertiary alicyclic amines) is 1. The minimum atomic E-state index is -0.513. The van der Waals surface area contributed by atoms with E-state index in [1.807, 2.05) is 50.2 Å². The van der Waals surface area contributed by atoms with Crippen LogP contribution in [-0.2, 0) is 9.59 Å². The quantitative estimate of drug-likeness (QED) is 0.525. The number of carbonyl (C=O) groups is 2. The van der Waals surface area contributed by atoms with Crippen LogP contribution in [0.3, 0.4) is 0 Å². The first-order chi connectivity index (χ1) is 15.9. The van der Waals surface area contributed by atoms with Gasteiger partial charge < -0.3 is 16.0 Å². The van der Waals surface area contributed by atoms with E-state index in [1.54, 1.807) is 11.1 Å². The van der Waals surface area contributed by atoms with Crippen LogP contribution >= 0.6 is 11.6 Å². The largest absolute Gasteiger partial charge is 0.403 e. The zero-order chi connectivity index (χ0) is 23.8. The van der Waals surface area contributed by atoms with Crippen LogP contribution in [0.2, 0.25) is 0 Å². The summed E-state index contributed by atoms with van der Waals surface area (Å²) in [5, 5.41) is 2.79. The van der Waals surface area contributed by atoms with Gasteiger partial charge in [0.2, 0.25) is 5.91 Å². The Bertz CT molecular complexity index is 1150. The first-order valence-electron chi connectivity index (χ1n) is 10.7. The molecule has 170 valence electrons. The highest BCUT2D eigenvalue weighted by Crippen LogP contribution is 2.18. The minimum Gasteiger partial charge on any atom is -0.403 e. The maximum atomic E-state index is 12.9. The maximum absolute atomic E-state index is 12.9. The number of benzene rings is 1. The van der Waals surface area contributed by atoms with Crippen LogP contribution in [0.4, 0.5) is 5.82 Å². The fraction of sp³-hybridized carbons (Fsp3) is 0.280. The van der Waals surface area contributed by atoms with E-state index in [0.717, 1.165) is 22.9 Å². The molecule has 1 aromatic heterocycles. The Morgan fingerprint density at radius 1 is 1.30 bits per heavy atom. The highest BCUT2D eigenvalue weighted by Gasteiger charge is 2.27. The molecular weight excluding hydrogens is 438 g/mol. The first kappa shape index (κ1) is 24.0. The third-order valence-corrected chi connectivity index (χ3v) is 5.46. The molecule has 0 radical (unpaired) electrons. The van der Waals surface area contributed by atoms with Gasteiger partial charge in [0.15, 0.2) is 0 Å². The summed E-state index contributed by atoms with van der Waals surface area (Å²) in [6.07, 6.45) is 3.82. The summed E-state index contributed by atoms with van der Waals surface area (Å²) in [4.78, 5) is 35.5. The molecule has 1 aliphatic rings. The Labute approximate surface area is 198 Å². The number of rotatable bonds is 5. The lowest BCUT2D eigenvalue weighted by molar-refractivity contribution is -0.129. The smallest absolute Gasteiger partial charge is 0.276 e. The summed E-state index contributed by atoms with van der Waals surface area (Å²) in [5.41, 5.74) is 7.96. The number of aliphatic imine (C=N–C) groups is 1. The third kappa shape index (κ3) is 6.43. The van der Waals surface area contributed by atoms with Gasteiger partial charge in [-0.05, 0) is 37.1 Å². The van der Waals surface area contributed by atoms with Gasteiger partial charge in [-0.3, -0.25) is 14.6 Å². The number of aryl methyl sites for hydroxylation is 1. The topological polar surface area (TPSA) is 101 Å². The number of aromatic nitrogens is 1. The molecule has 1 unspecified atom stereocenters. The maximum Gasteiger partial charge on any atom is 0.276 e. The molecule has 1 aromatic carbocycles. The van der Waals surface area contributed by atoms with E-state index in [-0.39, 0.29) is 22.7 Å². The lowest BCUT2D eigenvalue weighted by Crippen LogP contribution is -2.30. The first-order valence-corrected chi connectivity index (χ1v) is 11.1. The molecule has 3 rings (SSSR count). The monoisotopic (exact) mass is 463 g/mol. The second-order valence-electron chi connectivity index (χ2n) is 7.59. The zero-order valence-corrected chi connectivity index (χ0v) is 19.4. The van der Waals surface area contributed by atoms with Gasteiger partial charge in [-0.15, -0.1) is 0 Å². The predicted molar refractivity (Wildman–Crippen MR) is 131 cm³/mol. The van der Waals surface area contributed by atoms with Crippen molar-refractivity contribution in [2.75, 3.05) is 18.4 Å². The molecule has 1 aliphatic heterocycles. The van der Waals surface area contributed by atoms with Gasteiger partial charge in [0.1, 0.15) is 11.5 Å². The Kier molecular flexibility index (Phi) is 8.22. The summed E-state index contributed by atoms with van der Waals surface area (Å²) in [5.74, 6) is 6.09. The van der Waals surface area contributed by atoms with Gasteiger partial charge in [-0.1, -0.05) is 48.6 Å². The average molecular weight is 464 g/mol. The zero-order valence-electron chi connectivity index (χ0n) is 18.6. The summed E-state index contributed by atoms with van der Waals surface area (Å²) in [7, 11) is 0. The van der Waals surface area contributed by atoms with Gasteiger partial charge in [0.05, 0.1) is 11.1 Å². The highest BCUT2D eigenvalue weighted by molar-refractivity contribution is 6.61. The molecule has 1 atom stereocenters. The van der Waals surface area contributed by atoms with E-state index in [4.69, 9.17) is 17.3 Å². The van der Waals surface area contributed by atoms with Crippen LogP contribution in [0, 0.1) is 18.8 Å². The Hall–Kier alpha value is -3.63. The summed E-state index contributed by atoms with van der Waals surface area (Å²) >= 11 is 6.19. The number of anilines is 1. The molecule has 2 amide bonds. The van der Waals surface area contributed by atoms with Gasteiger partial charge in [0.25, 0.3) is 5.91 Å². The second kappa shape index (κ2) is 11.3. The number of hydrogen-bond acceptors (Lipinski definition) is 5. The van der Waals surface area contributed by atoms with Crippen molar-refractivity contribution in [3.8, 4) is 11.8 Å². The normalized spacial score (nSPS) is 16.2. The van der Waals surface area contributed by atoms with Crippen molar-refractivity contribution in [1.29, 1.82) is 0 Å². The van der Waals surface area contributed by atoms with Gasteiger partial charge in [-0.25, -0.2) is 4.98 Å². The van der Waals surface area contributed by atoms with Crippen molar-refractivity contribution in [3.05, 3.63) is 70.5 Å². The van der Waals surface area contributed by atoms with E-state index < -0.39 is 5.91 Å². The lowest BCUT2D eigenvalue weighted by atomic mass is 10.1. The molecule has 1 saturated heterocycles. The molecule has 1 fully saturated rings. The van der Waals surface area contributed by atoms with Crippen molar-refractivity contribution in [3.63, 3.8) is 0 Å². The van der Waals surface area contributed by atoms with Crippen LogP contribution < -0.4 is 11.1 Å². The van der Waals surface area contributed by atoms with E-state index in [9.17, 15) is 9.59 Å². The number of nitrogens with zero attached hydrogens (tertiary/aromatic N) is 3. The standard InChI is InChI=1S/C25H26ClN5O2/c1-3-22(32)31-12-11-20(16-31)29-23(21(26)14-27)25(33)30-24-17(2)13-19(15-28-24)10-9-18-7-5-4-6-8-18/h4-8,13-15,20H,3,11-12,16,27H2,1-2H3,(H,28,30,33). The number of carbonyl (C=O) groups excluding carboxylic acids is 2. The van der Waals surface area contributed by atoms with Crippen LogP contribution in [0.15, 0.2) is 58.8 Å². The van der Waals surface area contributed by atoms with Crippen LogP contribution in [0.25, 0.3) is 0 Å². The van der Waals surface area contributed by atoms with Crippen molar-refractivity contribution < 1.29 is 9.59 Å². The molecule has 7 nitrogen and oxygen atoms in total. The predicted octanol–water partition coefficient (Wildman–Crippen LogP) is 3.22. The van der Waals surface area contributed by atoms with Gasteiger partial charge in [-0.2, -0.15) is 0 Å². The number of nitrogens with one attached hydrogen (secondary N) is 1. The molecule has 8 heteroatoms. The molecule has 0 saturated carbocycles. The number of halogens is 1. The molecule has 33 heavy (non-hydrogen) atoms. The number of hydrogen-bond donors (Lipinski definition) is 2. The van der Waals surface area contributed by atoms with Crippen molar-refractivity contribution in [2.24, 2.45) is 10.7 Å². The van der Waals surface area contributed by atoms with Crippen molar-refractivity contribution >= 4 is 34.9 Å². The second-order valence-corrected chi connectivity index (χ2v) is 7.99. The fourth-order valence-electron chi connectivity index (χ4n) is 3.39. The summed E-state index contributed by atoms with van der Waals surface area (Å²) in [6.45, 7) is 4.70. The fourth-order valence-corrected chi connectivity index (χ4v) is 3.53. The van der Waals surface area contributed by atoms with Crippen LogP contribution in [0.5, 0.6) is 0 Å². The minimum absolute atomic E-state index is 0.0177. The van der Waals surface area contributed by atoms with Crippen molar-refractivity contribution in [2.45, 2.75) is 32.7 Å². The summed E-state index contributed by atoms with van der Waals surface area (Å²) < 4.78 is 0. The molecule has 0 spiro atoms. The molecule has 0 bridgehead atoms. The SMILES string of the molecule is CCC(=O)N1CCC(N=C(C(=O)Nc2ncc(C#Cc3ccccc3)cc2C)C(Cl)=CN)C1. The Balaban J connectivity index is 1.75. The van der Waals surface area contributed by atoms with E-state index >= 15 is 0 Å². The molecule has 2 heterocycles. The van der Waals surface area contributed by atoms with E-state index in [2.05, 4.69) is 27.1 Å². The lowest BCUT2D eigenvalue weighted by Gasteiger charge is -2.15. The molecule has 3 N–H and O–H groups in total. The van der Waals surface area contributed by atoms with E-state index in [1.165, 1.54) is 0 Å². The molecule has 0 aliphatic carbocycles. The molecular formula is C25H26ClN5O2. The highest BCUT2D eigenvalue weighted by atomic mass is 35.5. The van der Waals surface area contributed by atoms with Crippen LogP contribution in [-0.4, -0.2) is 46.5 Å². The number of amides is 2. The van der Waals surface area contributed by atoms with Gasteiger partial charge >= 0.3 is 0 Å². The van der Waals surface area contributed by atoms with Crippen LogP contribution in [0.1, 0.15) is 36.5 Å². The van der Waals surface area contributed by atoms with E-state index in [0.29, 0.717) is 31.7 Å². The molecule has 2 aromatic rings. The average Bonchev–Trinajstić information content (AvgIpc) is 3.31. The van der Waals surface area contributed by atoms with Crippen molar-refractivity contribution in [1.82, 2.24) is 9.88 Å². The number of nitrogens with two attached hydrogens (primary N) is 1. The third-order valence-electron chi connectivity index (χ3n) is 5.15.